The first kappa shape index (κ1) is 21.9. The van der Waals surface area contributed by atoms with Gasteiger partial charge < -0.3 is 20.1 Å². The van der Waals surface area contributed by atoms with Crippen molar-refractivity contribution < 1.29 is 15.2 Å². The van der Waals surface area contributed by atoms with E-state index >= 15 is 0 Å². The number of para-hydroxylation sites is 2. The second-order valence-electron chi connectivity index (χ2n) is 8.85. The number of quaternary nitrogens is 1. The van der Waals surface area contributed by atoms with Gasteiger partial charge in [0.05, 0.1) is 30.7 Å². The van der Waals surface area contributed by atoms with Gasteiger partial charge in [0, 0.05) is 17.3 Å². The van der Waals surface area contributed by atoms with Crippen molar-refractivity contribution in [1.82, 2.24) is 14.1 Å². The van der Waals surface area contributed by atoms with E-state index in [1.165, 1.54) is 4.57 Å². The number of nitrogens with one attached hydrogen (secondary N) is 1. The minimum Gasteiger partial charge on any atom is -0.497 e. The summed E-state index contributed by atoms with van der Waals surface area (Å²) in [6.45, 7) is 0.719. The highest BCUT2D eigenvalue weighted by molar-refractivity contribution is 5.86. The van der Waals surface area contributed by atoms with Crippen LogP contribution in [0.1, 0.15) is 22.9 Å². The monoisotopic (exact) mass is 481 g/mol. The summed E-state index contributed by atoms with van der Waals surface area (Å²) >= 11 is 0. The first-order valence-corrected chi connectivity index (χ1v) is 11.8. The predicted molar refractivity (Wildman–Crippen MR) is 136 cm³/mol. The van der Waals surface area contributed by atoms with Gasteiger partial charge in [-0.15, -0.1) is 0 Å². The van der Waals surface area contributed by atoms with Crippen molar-refractivity contribution in [3.8, 4) is 23.0 Å². The summed E-state index contributed by atoms with van der Waals surface area (Å²) in [4.78, 5) is 31.1. The van der Waals surface area contributed by atoms with Gasteiger partial charge in [-0.2, -0.15) is 0 Å². The molecular weight excluding hydrogens is 456 g/mol. The van der Waals surface area contributed by atoms with Gasteiger partial charge in [0.1, 0.15) is 11.3 Å². The van der Waals surface area contributed by atoms with Crippen LogP contribution in [0.2, 0.25) is 0 Å². The second-order valence-corrected chi connectivity index (χ2v) is 8.85. The third-order valence-electron chi connectivity index (χ3n) is 6.86. The summed E-state index contributed by atoms with van der Waals surface area (Å²) in [6, 6.07) is 23.0. The molecule has 5 aromatic rings. The first-order chi connectivity index (χ1) is 17.6. The predicted octanol–water partition coefficient (Wildman–Crippen LogP) is 2.39. The number of nitrogens with zero attached hydrogens (tertiary/aromatic N) is 2. The Balaban J connectivity index is 1.66. The Kier molecular flexibility index (Phi) is 5.23. The molecule has 8 nitrogen and oxygen atoms in total. The third kappa shape index (κ3) is 3.34. The number of H-pyrrole nitrogens is 1. The Morgan fingerprint density at radius 2 is 1.61 bits per heavy atom. The molecule has 0 radical (unpaired) electrons. The molecule has 0 fully saturated rings. The molecule has 180 valence electrons. The number of aromatic amines is 1. The van der Waals surface area contributed by atoms with Crippen LogP contribution in [0.15, 0.2) is 88.5 Å². The lowest BCUT2D eigenvalue weighted by Crippen LogP contribution is -2.88. The number of rotatable bonds is 4. The molecule has 0 bridgehead atoms. The van der Waals surface area contributed by atoms with Gasteiger partial charge in [0.2, 0.25) is 5.88 Å². The molecular formula is C28H25N4O4+. The van der Waals surface area contributed by atoms with E-state index in [9.17, 15) is 14.7 Å². The molecule has 0 aliphatic carbocycles. The summed E-state index contributed by atoms with van der Waals surface area (Å²) in [7, 11) is 1.63. The number of benzene rings is 3. The van der Waals surface area contributed by atoms with Gasteiger partial charge >= 0.3 is 5.69 Å². The molecule has 0 saturated carbocycles. The van der Waals surface area contributed by atoms with Gasteiger partial charge in [-0.3, -0.25) is 4.79 Å². The fraction of sp³-hybridized carbons (Fsp3) is 0.143. The van der Waals surface area contributed by atoms with E-state index in [1.807, 2.05) is 35.6 Å². The number of fused-ring (bicyclic) bond motifs is 3. The number of aromatic nitrogens is 3. The molecule has 8 heteroatoms. The molecule has 0 amide bonds. The molecule has 1 aliphatic heterocycles. The Morgan fingerprint density at radius 3 is 2.28 bits per heavy atom. The average Bonchev–Trinajstić information content (AvgIpc) is 3.28. The lowest BCUT2D eigenvalue weighted by molar-refractivity contribution is -0.690. The maximum Gasteiger partial charge on any atom is 0.343 e. The highest BCUT2D eigenvalue weighted by Crippen LogP contribution is 2.34. The lowest BCUT2D eigenvalue weighted by atomic mass is 9.95. The van der Waals surface area contributed by atoms with Gasteiger partial charge in [-0.25, -0.2) is 13.9 Å². The van der Waals surface area contributed by atoms with Crippen LogP contribution in [0.3, 0.4) is 0 Å². The van der Waals surface area contributed by atoms with Gasteiger partial charge in [0.25, 0.3) is 5.56 Å². The van der Waals surface area contributed by atoms with Crippen molar-refractivity contribution in [1.29, 1.82) is 0 Å². The number of methoxy groups -OCH3 is 1. The summed E-state index contributed by atoms with van der Waals surface area (Å²) in [5.41, 5.74) is 2.76. The van der Waals surface area contributed by atoms with Gasteiger partial charge in [-0.1, -0.05) is 36.4 Å². The zero-order valence-corrected chi connectivity index (χ0v) is 19.6. The van der Waals surface area contributed by atoms with Crippen molar-refractivity contribution in [2.24, 2.45) is 0 Å². The van der Waals surface area contributed by atoms with Crippen LogP contribution >= 0.6 is 0 Å². The van der Waals surface area contributed by atoms with E-state index in [4.69, 9.17) is 4.74 Å². The maximum absolute atomic E-state index is 14.0. The van der Waals surface area contributed by atoms with Crippen LogP contribution < -0.4 is 21.3 Å². The van der Waals surface area contributed by atoms with Crippen LogP contribution in [0.25, 0.3) is 22.3 Å². The van der Waals surface area contributed by atoms with Gasteiger partial charge in [0.15, 0.2) is 6.04 Å². The van der Waals surface area contributed by atoms with E-state index in [1.54, 1.807) is 55.6 Å². The topological polar surface area (TPSA) is 106 Å². The fourth-order valence-electron chi connectivity index (χ4n) is 5.18. The number of hydrogen-bond acceptors (Lipinski definition) is 4. The van der Waals surface area contributed by atoms with Crippen molar-refractivity contribution in [3.63, 3.8) is 0 Å². The minimum atomic E-state index is -0.629. The zero-order valence-electron chi connectivity index (χ0n) is 19.6. The first-order valence-electron chi connectivity index (χ1n) is 11.8. The van der Waals surface area contributed by atoms with Crippen molar-refractivity contribution >= 4 is 10.9 Å². The number of ether oxygens (including phenoxy) is 1. The second kappa shape index (κ2) is 8.58. The third-order valence-corrected chi connectivity index (χ3v) is 6.86. The van der Waals surface area contributed by atoms with Gasteiger partial charge in [-0.05, 0) is 48.0 Å². The molecule has 0 spiro atoms. The quantitative estimate of drug-likeness (QED) is 0.367. The van der Waals surface area contributed by atoms with E-state index in [0.717, 1.165) is 45.4 Å². The summed E-state index contributed by atoms with van der Waals surface area (Å²) in [6.07, 6.45) is 0.797. The Hall–Kier alpha value is -4.56. The molecule has 6 rings (SSSR count). The molecule has 4 N–H and O–H groups in total. The van der Waals surface area contributed by atoms with E-state index in [2.05, 4.69) is 4.98 Å². The zero-order chi connectivity index (χ0) is 24.8. The molecule has 36 heavy (non-hydrogen) atoms. The standard InChI is InChI=1S/C28H24N4O4/c1-36-19-12-13-22-21(16-19)20-14-15-29-25(24(20)30-22)23-26(33)31(17-8-4-2-5-9-17)28(35)32(27(23)34)18-10-6-3-7-11-18/h2-13,16,25,29-30,33H,14-15H2,1H3/p+1/t25-/m1/s1. The smallest absolute Gasteiger partial charge is 0.343 e. The van der Waals surface area contributed by atoms with Crippen LogP contribution in [-0.2, 0) is 6.42 Å². The van der Waals surface area contributed by atoms with E-state index in [0.29, 0.717) is 11.4 Å². The molecule has 2 aromatic heterocycles. The number of aromatic hydroxyl groups is 1. The van der Waals surface area contributed by atoms with Crippen LogP contribution in [0, 0.1) is 0 Å². The summed E-state index contributed by atoms with van der Waals surface area (Å²) < 4.78 is 7.76. The average molecular weight is 482 g/mol. The maximum atomic E-state index is 14.0. The van der Waals surface area contributed by atoms with Crippen molar-refractivity contribution in [2.75, 3.05) is 13.7 Å². The molecule has 0 saturated heterocycles. The van der Waals surface area contributed by atoms with E-state index in [-0.39, 0.29) is 11.4 Å². The van der Waals surface area contributed by atoms with E-state index < -0.39 is 17.3 Å². The number of nitrogens with two attached hydrogens (primary N) is 1. The number of hydrogen-bond donors (Lipinski definition) is 3. The highest BCUT2D eigenvalue weighted by atomic mass is 16.5. The molecule has 0 unspecified atom stereocenters. The molecule has 3 heterocycles. The minimum absolute atomic E-state index is 0.154. The Bertz CT molecular complexity index is 1700. The van der Waals surface area contributed by atoms with Crippen LogP contribution in [0.4, 0.5) is 0 Å². The van der Waals surface area contributed by atoms with Crippen molar-refractivity contribution in [3.05, 3.63) is 117 Å². The van der Waals surface area contributed by atoms with Crippen LogP contribution in [0.5, 0.6) is 11.6 Å². The summed E-state index contributed by atoms with van der Waals surface area (Å²) in [5.74, 6) is 0.399. The normalized spacial score (nSPS) is 15.1. The largest absolute Gasteiger partial charge is 0.497 e. The Labute approximate surface area is 206 Å². The highest BCUT2D eigenvalue weighted by Gasteiger charge is 2.36. The molecule has 1 atom stereocenters. The summed E-state index contributed by atoms with van der Waals surface area (Å²) in [5, 5.41) is 14.6. The van der Waals surface area contributed by atoms with Crippen molar-refractivity contribution in [2.45, 2.75) is 12.5 Å². The van der Waals surface area contributed by atoms with Crippen LogP contribution in [-0.4, -0.2) is 32.9 Å². The molecule has 1 aliphatic rings. The lowest BCUT2D eigenvalue weighted by Gasteiger charge is -2.24. The Morgan fingerprint density at radius 1 is 0.944 bits per heavy atom. The molecule has 3 aromatic carbocycles. The SMILES string of the molecule is COc1ccc2[nH]c3c(c2c1)CC[NH2+][C@@H]3c1c(O)n(-c2ccccc2)c(=O)n(-c2ccccc2)c1=O. The fourth-order valence-corrected chi connectivity index (χ4v) is 5.18.